The first-order valence-corrected chi connectivity index (χ1v) is 5.13. The van der Waals surface area contributed by atoms with Crippen LogP contribution in [0.1, 0.15) is 5.01 Å². The van der Waals surface area contributed by atoms with Gasteiger partial charge in [-0.05, 0) is 0 Å². The Morgan fingerprint density at radius 3 is 2.23 bits per heavy atom. The Labute approximate surface area is 75.3 Å². The van der Waals surface area contributed by atoms with Crippen LogP contribution >= 0.6 is 11.3 Å². The van der Waals surface area contributed by atoms with E-state index in [4.69, 9.17) is 0 Å². The highest BCUT2D eigenvalue weighted by Crippen LogP contribution is 2.33. The third kappa shape index (κ3) is 2.39. The molecule has 9 heteroatoms. The van der Waals surface area contributed by atoms with E-state index in [0.717, 1.165) is 0 Å². The number of primary sulfonamides is 1. The molecule has 2 N–H and O–H groups in total. The molecule has 1 aromatic heterocycles. The molecule has 1 aromatic rings. The van der Waals surface area contributed by atoms with Gasteiger partial charge < -0.3 is 0 Å². The first kappa shape index (κ1) is 10.4. The largest absolute Gasteiger partial charge is 0.443 e. The Morgan fingerprint density at radius 1 is 1.46 bits per heavy atom. The number of thiazole rings is 1. The van der Waals surface area contributed by atoms with E-state index in [2.05, 4.69) is 10.1 Å². The molecule has 0 fully saturated rings. The summed E-state index contributed by atoms with van der Waals surface area (Å²) in [5, 5.41) is 3.36. The van der Waals surface area contributed by atoms with Gasteiger partial charge in [-0.2, -0.15) is 13.2 Å². The summed E-state index contributed by atoms with van der Waals surface area (Å²) in [6.07, 6.45) is -4.05. The minimum absolute atomic E-state index is 0.00231. The van der Waals surface area contributed by atoms with Crippen LogP contribution in [-0.4, -0.2) is 13.4 Å². The van der Waals surface area contributed by atoms with E-state index in [0.29, 0.717) is 6.20 Å². The summed E-state index contributed by atoms with van der Waals surface area (Å²) < 4.78 is 56.2. The van der Waals surface area contributed by atoms with Crippen LogP contribution < -0.4 is 5.14 Å². The van der Waals surface area contributed by atoms with Crippen LogP contribution in [0.5, 0.6) is 0 Å². The number of aromatic nitrogens is 1. The lowest BCUT2D eigenvalue weighted by molar-refractivity contribution is -0.137. The maximum atomic E-state index is 11.9. The highest BCUT2D eigenvalue weighted by molar-refractivity contribution is 7.91. The Hall–Kier alpha value is -0.670. The Balaban J connectivity index is 3.16. The third-order valence-electron chi connectivity index (χ3n) is 1.01. The average molecular weight is 232 g/mol. The fourth-order valence-corrected chi connectivity index (χ4v) is 1.94. The Morgan fingerprint density at radius 2 is 2.00 bits per heavy atom. The van der Waals surface area contributed by atoms with Gasteiger partial charge in [0, 0.05) is 0 Å². The molecule has 74 valence electrons. The van der Waals surface area contributed by atoms with Crippen molar-refractivity contribution in [3.63, 3.8) is 0 Å². The van der Waals surface area contributed by atoms with Crippen molar-refractivity contribution in [1.82, 2.24) is 4.98 Å². The molecule has 0 aliphatic heterocycles. The summed E-state index contributed by atoms with van der Waals surface area (Å²) in [7, 11) is -4.09. The predicted octanol–water partition coefficient (Wildman–Crippen LogP) is 0.809. The molecule has 4 nitrogen and oxygen atoms in total. The van der Waals surface area contributed by atoms with Crippen molar-refractivity contribution >= 4 is 21.4 Å². The van der Waals surface area contributed by atoms with Crippen molar-refractivity contribution in [2.24, 2.45) is 5.14 Å². The fraction of sp³-hybridized carbons (Fsp3) is 0.250. The fourth-order valence-electron chi connectivity index (χ4n) is 0.522. The SMILES string of the molecule is NS(=O)(=O)c1cnc(C(F)(F)F)s1. The molecular formula is C4H3F3N2O2S2. The van der Waals surface area contributed by atoms with E-state index in [1.54, 1.807) is 0 Å². The van der Waals surface area contributed by atoms with Crippen molar-refractivity contribution < 1.29 is 21.6 Å². The molecule has 0 atom stereocenters. The molecule has 0 amide bonds. The normalized spacial score (nSPS) is 13.2. The van der Waals surface area contributed by atoms with Crippen LogP contribution in [0.3, 0.4) is 0 Å². The highest BCUT2D eigenvalue weighted by Gasteiger charge is 2.35. The van der Waals surface area contributed by atoms with Crippen molar-refractivity contribution in [2.75, 3.05) is 0 Å². The second-order valence-electron chi connectivity index (χ2n) is 2.03. The molecule has 0 unspecified atom stereocenters. The first-order chi connectivity index (χ1) is 5.71. The lowest BCUT2D eigenvalue weighted by Crippen LogP contribution is -2.10. The lowest BCUT2D eigenvalue weighted by atomic mass is 10.7. The zero-order valence-corrected chi connectivity index (χ0v) is 7.50. The minimum Gasteiger partial charge on any atom is -0.239 e. The van der Waals surface area contributed by atoms with Gasteiger partial charge >= 0.3 is 6.18 Å². The van der Waals surface area contributed by atoms with Gasteiger partial charge in [-0.15, -0.1) is 0 Å². The van der Waals surface area contributed by atoms with Gasteiger partial charge in [0.2, 0.25) is 10.0 Å². The topological polar surface area (TPSA) is 73.1 Å². The quantitative estimate of drug-likeness (QED) is 0.778. The van der Waals surface area contributed by atoms with Crippen LogP contribution in [-0.2, 0) is 16.2 Å². The third-order valence-corrected chi connectivity index (χ3v) is 3.46. The Bertz CT molecular complexity index is 407. The van der Waals surface area contributed by atoms with E-state index < -0.39 is 25.4 Å². The average Bonchev–Trinajstić information content (AvgIpc) is 2.28. The van der Waals surface area contributed by atoms with Gasteiger partial charge in [0.25, 0.3) is 0 Å². The number of hydrogen-bond acceptors (Lipinski definition) is 4. The van der Waals surface area contributed by atoms with Crippen molar-refractivity contribution in [1.29, 1.82) is 0 Å². The molecule has 0 saturated carbocycles. The number of hydrogen-bond donors (Lipinski definition) is 1. The summed E-state index contributed by atoms with van der Waals surface area (Å²) >= 11 is -0.00231. The molecule has 0 aromatic carbocycles. The van der Waals surface area contributed by atoms with Gasteiger partial charge in [0.1, 0.15) is 0 Å². The number of nitrogens with two attached hydrogens (primary N) is 1. The standard InChI is InChI=1S/C4H3F3N2O2S2/c5-4(6,7)3-9-1-2(12-3)13(8,10)11/h1H,(H2,8,10,11). The minimum atomic E-state index is -4.63. The number of rotatable bonds is 1. The van der Waals surface area contributed by atoms with E-state index >= 15 is 0 Å². The van der Waals surface area contributed by atoms with Crippen LogP contribution in [0.25, 0.3) is 0 Å². The number of alkyl halides is 3. The van der Waals surface area contributed by atoms with Gasteiger partial charge in [-0.3, -0.25) is 0 Å². The summed E-state index contributed by atoms with van der Waals surface area (Å²) in [6.45, 7) is 0. The molecule has 1 heterocycles. The Kier molecular flexibility index (Phi) is 2.34. The van der Waals surface area contributed by atoms with E-state index in [1.165, 1.54) is 0 Å². The zero-order chi connectivity index (χ0) is 10.3. The molecule has 0 aliphatic carbocycles. The summed E-state index contributed by atoms with van der Waals surface area (Å²) in [5.74, 6) is 0. The molecule has 0 aliphatic rings. The maximum Gasteiger partial charge on any atom is 0.443 e. The van der Waals surface area contributed by atoms with Crippen LogP contribution in [0, 0.1) is 0 Å². The monoisotopic (exact) mass is 232 g/mol. The van der Waals surface area contributed by atoms with Crippen LogP contribution in [0.2, 0.25) is 0 Å². The maximum absolute atomic E-state index is 11.9. The van der Waals surface area contributed by atoms with E-state index in [-0.39, 0.29) is 11.3 Å². The summed E-state index contributed by atoms with van der Waals surface area (Å²) in [5.41, 5.74) is 0. The van der Waals surface area contributed by atoms with Crippen LogP contribution in [0.4, 0.5) is 13.2 Å². The molecule has 0 spiro atoms. The van der Waals surface area contributed by atoms with E-state index in [1.807, 2.05) is 0 Å². The lowest BCUT2D eigenvalue weighted by Gasteiger charge is -1.98. The number of nitrogens with zero attached hydrogens (tertiary/aromatic N) is 1. The second-order valence-corrected chi connectivity index (χ2v) is 4.85. The van der Waals surface area contributed by atoms with Gasteiger partial charge in [-0.25, -0.2) is 18.5 Å². The first-order valence-electron chi connectivity index (χ1n) is 2.77. The molecular weight excluding hydrogens is 229 g/mol. The van der Waals surface area contributed by atoms with E-state index in [9.17, 15) is 21.6 Å². The molecule has 1 rings (SSSR count). The van der Waals surface area contributed by atoms with Crippen molar-refractivity contribution in [3.05, 3.63) is 11.2 Å². The summed E-state index contributed by atoms with van der Waals surface area (Å²) in [6, 6.07) is 0. The van der Waals surface area contributed by atoms with Crippen LogP contribution in [0.15, 0.2) is 10.4 Å². The molecule has 13 heavy (non-hydrogen) atoms. The number of sulfonamides is 1. The molecule has 0 bridgehead atoms. The highest BCUT2D eigenvalue weighted by atomic mass is 32.2. The van der Waals surface area contributed by atoms with Gasteiger partial charge in [0.15, 0.2) is 9.22 Å². The predicted molar refractivity (Wildman–Crippen MR) is 38.5 cm³/mol. The summed E-state index contributed by atoms with van der Waals surface area (Å²) in [4.78, 5) is 2.89. The number of halogens is 3. The molecule has 0 radical (unpaired) electrons. The second kappa shape index (κ2) is 2.93. The smallest absolute Gasteiger partial charge is 0.239 e. The zero-order valence-electron chi connectivity index (χ0n) is 5.87. The van der Waals surface area contributed by atoms with Gasteiger partial charge in [0.05, 0.1) is 6.20 Å². The molecule has 0 saturated heterocycles. The van der Waals surface area contributed by atoms with Crippen molar-refractivity contribution in [3.8, 4) is 0 Å². The van der Waals surface area contributed by atoms with Gasteiger partial charge in [-0.1, -0.05) is 11.3 Å². The van der Waals surface area contributed by atoms with Crippen molar-refractivity contribution in [2.45, 2.75) is 10.4 Å².